The Morgan fingerprint density at radius 2 is 1.62 bits per heavy atom. The highest BCUT2D eigenvalue weighted by Gasteiger charge is 2.26. The number of aryl methyl sites for hydroxylation is 2. The van der Waals surface area contributed by atoms with E-state index in [0.29, 0.717) is 0 Å². The number of hydrogen-bond acceptors (Lipinski definition) is 2. The minimum absolute atomic E-state index is 0.855. The van der Waals surface area contributed by atoms with Crippen LogP contribution in [0.1, 0.15) is 30.5 Å². The number of carboxylic acid groups (broad SMARTS) is 1. The predicted octanol–water partition coefficient (Wildman–Crippen LogP) is 2.89. The summed E-state index contributed by atoms with van der Waals surface area (Å²) in [6.07, 6.45) is 0. The molecule has 0 saturated heterocycles. The van der Waals surface area contributed by atoms with E-state index in [2.05, 4.69) is 12.2 Å². The minimum atomic E-state index is -0.950. The second-order valence-electron chi connectivity index (χ2n) is 4.79. The first kappa shape index (κ1) is 12.6. The molecule has 0 radical (unpaired) electrons. The summed E-state index contributed by atoms with van der Waals surface area (Å²) in [4.78, 5) is 11.0. The Morgan fingerprint density at radius 1 is 1.19 bits per heavy atom. The van der Waals surface area contributed by atoms with Gasteiger partial charge in [0, 0.05) is 5.69 Å². The lowest BCUT2D eigenvalue weighted by atomic mass is 10.0. The summed E-state index contributed by atoms with van der Waals surface area (Å²) in [5, 5.41) is 12.1. The molecule has 0 aliphatic carbocycles. The van der Waals surface area contributed by atoms with Crippen LogP contribution >= 0.6 is 0 Å². The van der Waals surface area contributed by atoms with Crippen LogP contribution in [0, 0.1) is 20.8 Å². The van der Waals surface area contributed by atoms with Gasteiger partial charge in [-0.3, -0.25) is 0 Å². The van der Waals surface area contributed by atoms with Gasteiger partial charge < -0.3 is 10.4 Å². The first-order chi connectivity index (χ1) is 7.24. The predicted molar refractivity (Wildman–Crippen MR) is 66.0 cm³/mol. The van der Waals surface area contributed by atoms with Gasteiger partial charge in [0.15, 0.2) is 0 Å². The van der Waals surface area contributed by atoms with E-state index in [-0.39, 0.29) is 0 Å². The van der Waals surface area contributed by atoms with E-state index in [1.807, 2.05) is 26.0 Å². The van der Waals surface area contributed by atoms with Crippen LogP contribution in [0.3, 0.4) is 0 Å². The summed E-state index contributed by atoms with van der Waals surface area (Å²) in [5.74, 6) is -0.858. The third-order valence-electron chi connectivity index (χ3n) is 2.92. The van der Waals surface area contributed by atoms with Crippen molar-refractivity contribution < 1.29 is 9.90 Å². The maximum atomic E-state index is 11.0. The molecule has 1 aromatic rings. The van der Waals surface area contributed by atoms with Gasteiger partial charge >= 0.3 is 5.97 Å². The lowest BCUT2D eigenvalue weighted by Crippen LogP contribution is -2.40. The van der Waals surface area contributed by atoms with Crippen molar-refractivity contribution in [3.63, 3.8) is 0 Å². The van der Waals surface area contributed by atoms with Crippen LogP contribution in [-0.4, -0.2) is 16.6 Å². The van der Waals surface area contributed by atoms with E-state index < -0.39 is 11.5 Å². The topological polar surface area (TPSA) is 49.3 Å². The van der Waals surface area contributed by atoms with Crippen molar-refractivity contribution in [3.05, 3.63) is 28.8 Å². The van der Waals surface area contributed by atoms with Gasteiger partial charge in [-0.15, -0.1) is 0 Å². The Balaban J connectivity index is 3.04. The first-order valence-electron chi connectivity index (χ1n) is 5.33. The van der Waals surface area contributed by atoms with Gasteiger partial charge in [-0.1, -0.05) is 0 Å². The van der Waals surface area contributed by atoms with E-state index in [0.717, 1.165) is 5.69 Å². The Bertz CT molecular complexity index is 399. The summed E-state index contributed by atoms with van der Waals surface area (Å²) in [7, 11) is 0. The van der Waals surface area contributed by atoms with Gasteiger partial charge in [-0.2, -0.15) is 0 Å². The maximum absolute atomic E-state index is 11.0. The SMILES string of the molecule is Cc1cc(NC(C)(C)C(=O)O)cc(C)c1C. The van der Waals surface area contributed by atoms with Crippen molar-refractivity contribution in [2.45, 2.75) is 40.2 Å². The van der Waals surface area contributed by atoms with Crippen LogP contribution in [0.5, 0.6) is 0 Å². The van der Waals surface area contributed by atoms with Crippen LogP contribution in [0.2, 0.25) is 0 Å². The van der Waals surface area contributed by atoms with Crippen molar-refractivity contribution >= 4 is 11.7 Å². The molecule has 0 aliphatic heterocycles. The number of nitrogens with one attached hydrogen (secondary N) is 1. The van der Waals surface area contributed by atoms with E-state index in [4.69, 9.17) is 5.11 Å². The third-order valence-corrected chi connectivity index (χ3v) is 2.92. The highest BCUT2D eigenvalue weighted by molar-refractivity contribution is 5.81. The minimum Gasteiger partial charge on any atom is -0.480 e. The molecule has 3 nitrogen and oxygen atoms in total. The number of rotatable bonds is 3. The summed E-state index contributed by atoms with van der Waals surface area (Å²) in [6, 6.07) is 3.96. The molecular weight excluding hydrogens is 202 g/mol. The number of anilines is 1. The zero-order valence-electron chi connectivity index (χ0n) is 10.5. The van der Waals surface area contributed by atoms with Gasteiger partial charge in [0.2, 0.25) is 0 Å². The van der Waals surface area contributed by atoms with Gasteiger partial charge in [-0.05, 0) is 63.4 Å². The highest BCUT2D eigenvalue weighted by atomic mass is 16.4. The fourth-order valence-electron chi connectivity index (χ4n) is 1.52. The molecule has 0 unspecified atom stereocenters. The van der Waals surface area contributed by atoms with Crippen molar-refractivity contribution in [2.24, 2.45) is 0 Å². The molecule has 0 saturated carbocycles. The molecule has 0 spiro atoms. The fourth-order valence-corrected chi connectivity index (χ4v) is 1.52. The second-order valence-corrected chi connectivity index (χ2v) is 4.79. The number of carboxylic acids is 1. The van der Waals surface area contributed by atoms with Crippen molar-refractivity contribution in [2.75, 3.05) is 5.32 Å². The molecule has 0 amide bonds. The summed E-state index contributed by atoms with van der Waals surface area (Å²) in [6.45, 7) is 9.43. The smallest absolute Gasteiger partial charge is 0.328 e. The molecule has 0 aromatic heterocycles. The lowest BCUT2D eigenvalue weighted by molar-refractivity contribution is -0.141. The van der Waals surface area contributed by atoms with Crippen LogP contribution in [-0.2, 0) is 4.79 Å². The number of carbonyl (C=O) groups is 1. The molecule has 0 bridgehead atoms. The van der Waals surface area contributed by atoms with Gasteiger partial charge in [0.05, 0.1) is 0 Å². The Morgan fingerprint density at radius 3 is 2.00 bits per heavy atom. The summed E-state index contributed by atoms with van der Waals surface area (Å²) in [5.41, 5.74) is 3.49. The monoisotopic (exact) mass is 221 g/mol. The Labute approximate surface area is 96.5 Å². The molecule has 0 fully saturated rings. The highest BCUT2D eigenvalue weighted by Crippen LogP contribution is 2.22. The molecule has 0 atom stereocenters. The van der Waals surface area contributed by atoms with Gasteiger partial charge in [0.25, 0.3) is 0 Å². The maximum Gasteiger partial charge on any atom is 0.328 e. The lowest BCUT2D eigenvalue weighted by Gasteiger charge is -2.23. The van der Waals surface area contributed by atoms with Crippen molar-refractivity contribution in [1.29, 1.82) is 0 Å². The molecule has 1 rings (SSSR count). The van der Waals surface area contributed by atoms with E-state index in [1.165, 1.54) is 16.7 Å². The van der Waals surface area contributed by atoms with Crippen LogP contribution in [0.4, 0.5) is 5.69 Å². The molecular formula is C13H19NO2. The molecule has 2 N–H and O–H groups in total. The summed E-state index contributed by atoms with van der Waals surface area (Å²) >= 11 is 0. The van der Waals surface area contributed by atoms with E-state index >= 15 is 0 Å². The van der Waals surface area contributed by atoms with Gasteiger partial charge in [-0.25, -0.2) is 4.79 Å². The Kier molecular flexibility index (Phi) is 3.27. The number of hydrogen-bond donors (Lipinski definition) is 2. The molecule has 3 heteroatoms. The largest absolute Gasteiger partial charge is 0.480 e. The van der Waals surface area contributed by atoms with Gasteiger partial charge in [0.1, 0.15) is 5.54 Å². The first-order valence-corrected chi connectivity index (χ1v) is 5.33. The molecule has 88 valence electrons. The average Bonchev–Trinajstić information content (AvgIpc) is 2.13. The zero-order chi connectivity index (χ0) is 12.5. The molecule has 0 aliphatic rings. The summed E-state index contributed by atoms with van der Waals surface area (Å²) < 4.78 is 0. The van der Waals surface area contributed by atoms with E-state index in [9.17, 15) is 4.79 Å². The van der Waals surface area contributed by atoms with Crippen molar-refractivity contribution in [3.8, 4) is 0 Å². The van der Waals surface area contributed by atoms with Crippen LogP contribution < -0.4 is 5.32 Å². The standard InChI is InChI=1S/C13H19NO2/c1-8-6-11(7-9(2)10(8)3)14-13(4,5)12(15)16/h6-7,14H,1-5H3,(H,15,16). The molecule has 0 heterocycles. The fraction of sp³-hybridized carbons (Fsp3) is 0.462. The molecule has 16 heavy (non-hydrogen) atoms. The quantitative estimate of drug-likeness (QED) is 0.825. The van der Waals surface area contributed by atoms with Crippen molar-refractivity contribution in [1.82, 2.24) is 0 Å². The third kappa shape index (κ3) is 2.54. The normalized spacial score (nSPS) is 11.3. The molecule has 1 aromatic carbocycles. The van der Waals surface area contributed by atoms with Crippen LogP contribution in [0.25, 0.3) is 0 Å². The van der Waals surface area contributed by atoms with Crippen LogP contribution in [0.15, 0.2) is 12.1 Å². The second kappa shape index (κ2) is 4.16. The zero-order valence-corrected chi connectivity index (χ0v) is 10.5. The average molecular weight is 221 g/mol. The number of aliphatic carboxylic acids is 1. The van der Waals surface area contributed by atoms with E-state index in [1.54, 1.807) is 13.8 Å². The Hall–Kier alpha value is -1.51. The number of benzene rings is 1.